The molecule has 0 N–H and O–H groups in total. The molecule has 16 heavy (non-hydrogen) atoms. The van der Waals surface area contributed by atoms with Crippen LogP contribution in [0.25, 0.3) is 0 Å². The molecule has 0 aromatic carbocycles. The Labute approximate surface area is 102 Å². The van der Waals surface area contributed by atoms with Crippen molar-refractivity contribution in [3.05, 3.63) is 24.0 Å². The summed E-state index contributed by atoms with van der Waals surface area (Å²) in [5, 5.41) is 0. The highest BCUT2D eigenvalue weighted by atomic mass is 35.5. The van der Waals surface area contributed by atoms with Gasteiger partial charge in [0.25, 0.3) is 0 Å². The van der Waals surface area contributed by atoms with Crippen molar-refractivity contribution in [3.8, 4) is 0 Å². The number of pyridine rings is 1. The third kappa shape index (κ3) is 2.17. The highest BCUT2D eigenvalue weighted by Crippen LogP contribution is 2.38. The number of rotatable bonds is 5. The highest BCUT2D eigenvalue weighted by Gasteiger charge is 2.34. The largest absolute Gasteiger partial charge is 0.367 e. The first-order valence-electron chi connectivity index (χ1n) is 6.14. The van der Waals surface area contributed by atoms with E-state index in [0.29, 0.717) is 5.88 Å². The Bertz CT molecular complexity index is 372. The molecule has 1 aromatic heterocycles. The molecule has 2 aliphatic rings. The number of nitrogens with zero attached hydrogens (tertiary/aromatic N) is 2. The van der Waals surface area contributed by atoms with Gasteiger partial charge in [0.2, 0.25) is 0 Å². The van der Waals surface area contributed by atoms with Gasteiger partial charge in [-0.2, -0.15) is 0 Å². The van der Waals surface area contributed by atoms with Gasteiger partial charge in [0, 0.05) is 24.7 Å². The molecule has 0 atom stereocenters. The quantitative estimate of drug-likeness (QED) is 0.730. The summed E-state index contributed by atoms with van der Waals surface area (Å²) in [6, 6.07) is 2.80. The average Bonchev–Trinajstić information content (AvgIpc) is 3.16. The summed E-state index contributed by atoms with van der Waals surface area (Å²) in [6.45, 7) is 1.21. The summed E-state index contributed by atoms with van der Waals surface area (Å²) in [5.41, 5.74) is 2.50. The normalized spacial score (nSPS) is 19.8. The molecule has 0 saturated heterocycles. The topological polar surface area (TPSA) is 16.1 Å². The number of halogens is 1. The zero-order chi connectivity index (χ0) is 11.0. The highest BCUT2D eigenvalue weighted by molar-refractivity contribution is 6.17. The van der Waals surface area contributed by atoms with E-state index in [1.807, 2.05) is 18.5 Å². The standard InChI is InChI=1S/C13H17ClN2/c14-7-11-5-6-15-8-13(11)16(12-3-4-12)9-10-1-2-10/h5-6,8,10,12H,1-4,7,9H2. The average molecular weight is 237 g/mol. The third-order valence-electron chi connectivity index (χ3n) is 3.48. The van der Waals surface area contributed by atoms with E-state index in [-0.39, 0.29) is 0 Å². The molecule has 0 aliphatic heterocycles. The van der Waals surface area contributed by atoms with Crippen LogP contribution in [0.5, 0.6) is 0 Å². The molecule has 2 saturated carbocycles. The fourth-order valence-corrected chi connectivity index (χ4v) is 2.42. The van der Waals surface area contributed by atoms with Gasteiger partial charge in [-0.3, -0.25) is 4.98 Å². The van der Waals surface area contributed by atoms with E-state index < -0.39 is 0 Å². The number of hydrogen-bond donors (Lipinski definition) is 0. The lowest BCUT2D eigenvalue weighted by molar-refractivity contribution is 0.715. The first-order chi connectivity index (χ1) is 7.88. The van der Waals surface area contributed by atoms with Crippen LogP contribution in [0.15, 0.2) is 18.5 Å². The molecule has 3 rings (SSSR count). The number of hydrogen-bond acceptors (Lipinski definition) is 2. The van der Waals surface area contributed by atoms with Crippen LogP contribution in [0.4, 0.5) is 5.69 Å². The van der Waals surface area contributed by atoms with Gasteiger partial charge < -0.3 is 4.90 Å². The molecule has 0 unspecified atom stereocenters. The first kappa shape index (κ1) is 10.4. The van der Waals surface area contributed by atoms with Gasteiger partial charge in [-0.1, -0.05) is 0 Å². The fraction of sp³-hybridized carbons (Fsp3) is 0.615. The molecule has 0 spiro atoms. The molecule has 0 amide bonds. The summed E-state index contributed by atoms with van der Waals surface area (Å²) in [6.07, 6.45) is 9.30. The molecule has 1 aromatic rings. The van der Waals surface area contributed by atoms with Crippen LogP contribution in [0, 0.1) is 5.92 Å². The minimum absolute atomic E-state index is 0.589. The van der Waals surface area contributed by atoms with Gasteiger partial charge in [-0.25, -0.2) is 0 Å². The van der Waals surface area contributed by atoms with Gasteiger partial charge in [0.15, 0.2) is 0 Å². The second-order valence-electron chi connectivity index (χ2n) is 4.96. The molecule has 2 aliphatic carbocycles. The van der Waals surface area contributed by atoms with E-state index >= 15 is 0 Å². The Hall–Kier alpha value is -0.760. The van der Waals surface area contributed by atoms with Crippen LogP contribution in [-0.2, 0) is 5.88 Å². The second kappa shape index (κ2) is 4.25. The molecule has 1 heterocycles. The second-order valence-corrected chi connectivity index (χ2v) is 5.23. The summed E-state index contributed by atoms with van der Waals surface area (Å²) < 4.78 is 0. The molecule has 3 heteroatoms. The maximum absolute atomic E-state index is 6.00. The maximum atomic E-state index is 6.00. The Morgan fingerprint density at radius 2 is 2.12 bits per heavy atom. The summed E-state index contributed by atoms with van der Waals surface area (Å²) in [4.78, 5) is 6.80. The number of aromatic nitrogens is 1. The van der Waals surface area contributed by atoms with E-state index in [1.165, 1.54) is 43.5 Å². The summed E-state index contributed by atoms with van der Waals surface area (Å²) >= 11 is 6.00. The smallest absolute Gasteiger partial charge is 0.0600 e. The van der Waals surface area contributed by atoms with Crippen LogP contribution in [0.2, 0.25) is 0 Å². The van der Waals surface area contributed by atoms with Crippen LogP contribution >= 0.6 is 11.6 Å². The van der Waals surface area contributed by atoms with Crippen molar-refractivity contribution in [1.29, 1.82) is 0 Å². The van der Waals surface area contributed by atoms with Crippen molar-refractivity contribution >= 4 is 17.3 Å². The zero-order valence-electron chi connectivity index (χ0n) is 9.40. The van der Waals surface area contributed by atoms with Crippen LogP contribution in [0.1, 0.15) is 31.2 Å². The van der Waals surface area contributed by atoms with Gasteiger partial charge in [-0.05, 0) is 43.2 Å². The van der Waals surface area contributed by atoms with Crippen molar-refractivity contribution in [3.63, 3.8) is 0 Å². The Morgan fingerprint density at radius 1 is 1.31 bits per heavy atom. The Kier molecular flexibility index (Phi) is 2.76. The lowest BCUT2D eigenvalue weighted by Gasteiger charge is -2.26. The monoisotopic (exact) mass is 236 g/mol. The first-order valence-corrected chi connectivity index (χ1v) is 6.67. The molecule has 2 nitrogen and oxygen atoms in total. The van der Waals surface area contributed by atoms with E-state index in [1.54, 1.807) is 0 Å². The van der Waals surface area contributed by atoms with Gasteiger partial charge in [0.05, 0.1) is 11.9 Å². The Balaban J connectivity index is 1.84. The van der Waals surface area contributed by atoms with Crippen molar-refractivity contribution in [1.82, 2.24) is 4.98 Å². The lowest BCUT2D eigenvalue weighted by Crippen LogP contribution is -2.29. The molecular formula is C13H17ClN2. The predicted molar refractivity (Wildman–Crippen MR) is 66.9 cm³/mol. The van der Waals surface area contributed by atoms with Crippen molar-refractivity contribution in [2.75, 3.05) is 11.4 Å². The van der Waals surface area contributed by atoms with Crippen LogP contribution < -0.4 is 4.90 Å². The maximum Gasteiger partial charge on any atom is 0.0600 e. The molecule has 2 fully saturated rings. The van der Waals surface area contributed by atoms with E-state index in [2.05, 4.69) is 9.88 Å². The van der Waals surface area contributed by atoms with E-state index in [9.17, 15) is 0 Å². The van der Waals surface area contributed by atoms with E-state index in [4.69, 9.17) is 11.6 Å². The lowest BCUT2D eigenvalue weighted by atomic mass is 10.2. The van der Waals surface area contributed by atoms with Crippen LogP contribution in [-0.4, -0.2) is 17.6 Å². The fourth-order valence-electron chi connectivity index (χ4n) is 2.20. The molecule has 0 radical (unpaired) electrons. The SMILES string of the molecule is ClCc1ccncc1N(CC1CC1)C1CC1. The molecule has 86 valence electrons. The van der Waals surface area contributed by atoms with Crippen molar-refractivity contribution < 1.29 is 0 Å². The van der Waals surface area contributed by atoms with Crippen molar-refractivity contribution in [2.24, 2.45) is 5.92 Å². The predicted octanol–water partition coefficient (Wildman–Crippen LogP) is 3.20. The van der Waals surface area contributed by atoms with Gasteiger partial charge in [-0.15, -0.1) is 11.6 Å². The number of alkyl halides is 1. The van der Waals surface area contributed by atoms with Gasteiger partial charge >= 0.3 is 0 Å². The summed E-state index contributed by atoms with van der Waals surface area (Å²) in [5.74, 6) is 1.51. The minimum atomic E-state index is 0.589. The molecular weight excluding hydrogens is 220 g/mol. The third-order valence-corrected chi connectivity index (χ3v) is 3.77. The minimum Gasteiger partial charge on any atom is -0.367 e. The summed E-state index contributed by atoms with van der Waals surface area (Å²) in [7, 11) is 0. The Morgan fingerprint density at radius 3 is 2.75 bits per heavy atom. The van der Waals surface area contributed by atoms with E-state index in [0.717, 1.165) is 12.0 Å². The van der Waals surface area contributed by atoms with Crippen LogP contribution in [0.3, 0.4) is 0 Å². The van der Waals surface area contributed by atoms with Gasteiger partial charge in [0.1, 0.15) is 0 Å². The number of anilines is 1. The zero-order valence-corrected chi connectivity index (χ0v) is 10.2. The van der Waals surface area contributed by atoms with Crippen molar-refractivity contribution in [2.45, 2.75) is 37.6 Å². The molecule has 0 bridgehead atoms.